The van der Waals surface area contributed by atoms with Gasteiger partial charge < -0.3 is 11.1 Å². The summed E-state index contributed by atoms with van der Waals surface area (Å²) in [6, 6.07) is 8.37. The molecule has 0 saturated heterocycles. The zero-order chi connectivity index (χ0) is 11.8. The molecule has 0 saturated carbocycles. The van der Waals surface area contributed by atoms with E-state index in [-0.39, 0.29) is 0 Å². The molecule has 0 heterocycles. The van der Waals surface area contributed by atoms with Crippen LogP contribution in [0.4, 0.5) is 0 Å². The summed E-state index contributed by atoms with van der Waals surface area (Å²) in [5.74, 6) is 0.804. The van der Waals surface area contributed by atoms with Crippen molar-refractivity contribution in [2.75, 3.05) is 6.54 Å². The molecular weight excluding hydrogens is 196 g/mol. The summed E-state index contributed by atoms with van der Waals surface area (Å²) in [5, 5.41) is 3.48. The number of hydrogen-bond acceptors (Lipinski definition) is 2. The summed E-state index contributed by atoms with van der Waals surface area (Å²) < 4.78 is 0. The smallest absolute Gasteiger partial charge is 0.0208 e. The molecule has 1 aromatic carbocycles. The van der Waals surface area contributed by atoms with Gasteiger partial charge in [-0.2, -0.15) is 0 Å². The summed E-state index contributed by atoms with van der Waals surface area (Å²) in [4.78, 5) is 0. The van der Waals surface area contributed by atoms with E-state index in [4.69, 9.17) is 5.73 Å². The molecule has 0 aromatic heterocycles. The van der Waals surface area contributed by atoms with Crippen LogP contribution in [0.5, 0.6) is 0 Å². The SMILES string of the molecule is CC(C)CCCNCc1ccccc1CN. The molecule has 0 unspecified atom stereocenters. The highest BCUT2D eigenvalue weighted by Gasteiger charge is 1.99. The molecular formula is C14H24N2. The van der Waals surface area contributed by atoms with Crippen molar-refractivity contribution in [1.29, 1.82) is 0 Å². The minimum absolute atomic E-state index is 0.629. The Morgan fingerprint density at radius 2 is 1.88 bits per heavy atom. The van der Waals surface area contributed by atoms with Crippen LogP contribution >= 0.6 is 0 Å². The fourth-order valence-corrected chi connectivity index (χ4v) is 1.79. The Bertz CT molecular complexity index is 295. The van der Waals surface area contributed by atoms with Crippen LogP contribution in [0.25, 0.3) is 0 Å². The minimum atomic E-state index is 0.629. The normalized spacial score (nSPS) is 11.0. The summed E-state index contributed by atoms with van der Waals surface area (Å²) in [6.45, 7) is 7.19. The molecule has 3 N–H and O–H groups in total. The van der Waals surface area contributed by atoms with Crippen LogP contribution in [0, 0.1) is 5.92 Å². The number of nitrogens with two attached hydrogens (primary N) is 1. The third-order valence-electron chi connectivity index (χ3n) is 2.79. The standard InChI is InChI=1S/C14H24N2/c1-12(2)6-5-9-16-11-14-8-4-3-7-13(14)10-15/h3-4,7-8,12,16H,5-6,9-11,15H2,1-2H3. The molecule has 0 radical (unpaired) electrons. The topological polar surface area (TPSA) is 38.0 Å². The third-order valence-corrected chi connectivity index (χ3v) is 2.79. The average Bonchev–Trinajstić information content (AvgIpc) is 2.29. The van der Waals surface area contributed by atoms with Gasteiger partial charge in [0.15, 0.2) is 0 Å². The van der Waals surface area contributed by atoms with Crippen LogP contribution in [-0.2, 0) is 13.1 Å². The summed E-state index contributed by atoms with van der Waals surface area (Å²) in [7, 11) is 0. The first-order valence-corrected chi connectivity index (χ1v) is 6.21. The largest absolute Gasteiger partial charge is 0.326 e. The maximum Gasteiger partial charge on any atom is 0.0208 e. The molecule has 2 nitrogen and oxygen atoms in total. The number of hydrogen-bond donors (Lipinski definition) is 2. The lowest BCUT2D eigenvalue weighted by Crippen LogP contribution is -2.17. The summed E-state index contributed by atoms with van der Waals surface area (Å²) >= 11 is 0. The molecule has 90 valence electrons. The highest BCUT2D eigenvalue weighted by Crippen LogP contribution is 2.07. The van der Waals surface area contributed by atoms with Crippen molar-refractivity contribution in [3.05, 3.63) is 35.4 Å². The Labute approximate surface area is 99.2 Å². The van der Waals surface area contributed by atoms with Crippen LogP contribution in [0.3, 0.4) is 0 Å². The highest BCUT2D eigenvalue weighted by molar-refractivity contribution is 5.26. The van der Waals surface area contributed by atoms with Crippen molar-refractivity contribution in [2.45, 2.75) is 39.8 Å². The minimum Gasteiger partial charge on any atom is -0.326 e. The van der Waals surface area contributed by atoms with E-state index in [0.717, 1.165) is 19.0 Å². The Morgan fingerprint density at radius 1 is 1.19 bits per heavy atom. The van der Waals surface area contributed by atoms with E-state index in [9.17, 15) is 0 Å². The maximum absolute atomic E-state index is 5.69. The second-order valence-electron chi connectivity index (χ2n) is 4.69. The van der Waals surface area contributed by atoms with Gasteiger partial charge in [0.2, 0.25) is 0 Å². The van der Waals surface area contributed by atoms with Gasteiger partial charge in [0.1, 0.15) is 0 Å². The zero-order valence-corrected chi connectivity index (χ0v) is 10.5. The quantitative estimate of drug-likeness (QED) is 0.693. The fourth-order valence-electron chi connectivity index (χ4n) is 1.79. The van der Waals surface area contributed by atoms with Crippen molar-refractivity contribution in [2.24, 2.45) is 11.7 Å². The molecule has 0 aliphatic carbocycles. The first kappa shape index (κ1) is 13.2. The van der Waals surface area contributed by atoms with E-state index in [1.807, 2.05) is 6.07 Å². The van der Waals surface area contributed by atoms with Gasteiger partial charge in [-0.1, -0.05) is 38.1 Å². The number of nitrogens with one attached hydrogen (secondary N) is 1. The first-order valence-electron chi connectivity index (χ1n) is 6.21. The lowest BCUT2D eigenvalue weighted by atomic mass is 10.1. The Hall–Kier alpha value is -0.860. The predicted molar refractivity (Wildman–Crippen MR) is 70.1 cm³/mol. The van der Waals surface area contributed by atoms with Gasteiger partial charge in [0, 0.05) is 13.1 Å². The van der Waals surface area contributed by atoms with Gasteiger partial charge in [0.25, 0.3) is 0 Å². The highest BCUT2D eigenvalue weighted by atomic mass is 14.8. The number of benzene rings is 1. The monoisotopic (exact) mass is 220 g/mol. The van der Waals surface area contributed by atoms with Gasteiger partial charge in [0.05, 0.1) is 0 Å². The van der Waals surface area contributed by atoms with E-state index in [0.29, 0.717) is 6.54 Å². The van der Waals surface area contributed by atoms with Crippen LogP contribution in [0.2, 0.25) is 0 Å². The van der Waals surface area contributed by atoms with Crippen LogP contribution < -0.4 is 11.1 Å². The second kappa shape index (κ2) is 7.42. The average molecular weight is 220 g/mol. The molecule has 0 amide bonds. The molecule has 0 aliphatic rings. The maximum atomic E-state index is 5.69. The van der Waals surface area contributed by atoms with E-state index in [2.05, 4.69) is 37.4 Å². The molecule has 1 aromatic rings. The molecule has 0 atom stereocenters. The Morgan fingerprint density at radius 3 is 2.50 bits per heavy atom. The van der Waals surface area contributed by atoms with Crippen molar-refractivity contribution in [1.82, 2.24) is 5.32 Å². The second-order valence-corrected chi connectivity index (χ2v) is 4.69. The Kier molecular flexibility index (Phi) is 6.12. The van der Waals surface area contributed by atoms with Crippen LogP contribution in [0.15, 0.2) is 24.3 Å². The fraction of sp³-hybridized carbons (Fsp3) is 0.571. The van der Waals surface area contributed by atoms with Gasteiger partial charge >= 0.3 is 0 Å². The molecule has 2 heteroatoms. The van der Waals surface area contributed by atoms with E-state index in [1.165, 1.54) is 24.0 Å². The lowest BCUT2D eigenvalue weighted by molar-refractivity contribution is 0.527. The van der Waals surface area contributed by atoms with Gasteiger partial charge in [-0.3, -0.25) is 0 Å². The van der Waals surface area contributed by atoms with Crippen molar-refractivity contribution in [3.8, 4) is 0 Å². The van der Waals surface area contributed by atoms with E-state index < -0.39 is 0 Å². The molecule has 0 spiro atoms. The summed E-state index contributed by atoms with van der Waals surface area (Å²) in [6.07, 6.45) is 2.55. The molecule has 0 aliphatic heterocycles. The molecule has 0 bridgehead atoms. The van der Waals surface area contributed by atoms with Gasteiger partial charge in [-0.05, 0) is 36.4 Å². The van der Waals surface area contributed by atoms with Crippen molar-refractivity contribution >= 4 is 0 Å². The lowest BCUT2D eigenvalue weighted by Gasteiger charge is -2.09. The Balaban J connectivity index is 2.26. The van der Waals surface area contributed by atoms with Crippen molar-refractivity contribution < 1.29 is 0 Å². The predicted octanol–water partition coefficient (Wildman–Crippen LogP) is 2.67. The van der Waals surface area contributed by atoms with E-state index in [1.54, 1.807) is 0 Å². The van der Waals surface area contributed by atoms with Gasteiger partial charge in [-0.25, -0.2) is 0 Å². The van der Waals surface area contributed by atoms with Crippen molar-refractivity contribution in [3.63, 3.8) is 0 Å². The molecule has 16 heavy (non-hydrogen) atoms. The van der Waals surface area contributed by atoms with E-state index >= 15 is 0 Å². The van der Waals surface area contributed by atoms with Crippen LogP contribution in [0.1, 0.15) is 37.8 Å². The third kappa shape index (κ3) is 4.77. The summed E-state index contributed by atoms with van der Waals surface area (Å²) in [5.41, 5.74) is 8.27. The number of rotatable bonds is 7. The van der Waals surface area contributed by atoms with Gasteiger partial charge in [-0.15, -0.1) is 0 Å². The van der Waals surface area contributed by atoms with Crippen LogP contribution in [-0.4, -0.2) is 6.54 Å². The molecule has 0 fully saturated rings. The first-order chi connectivity index (χ1) is 7.74. The molecule has 1 rings (SSSR count). The zero-order valence-electron chi connectivity index (χ0n) is 10.5.